The van der Waals surface area contributed by atoms with Crippen molar-refractivity contribution in [2.24, 2.45) is 0 Å². The molecule has 2 rings (SSSR count). The van der Waals surface area contributed by atoms with Crippen molar-refractivity contribution < 1.29 is 14.2 Å². The molecule has 94 valence electrons. The van der Waals surface area contributed by atoms with Crippen LogP contribution in [0.4, 0.5) is 0 Å². The first-order valence-corrected chi connectivity index (χ1v) is 5.81. The van der Waals surface area contributed by atoms with Crippen molar-refractivity contribution in [2.75, 3.05) is 33.9 Å². The summed E-state index contributed by atoms with van der Waals surface area (Å²) in [5, 5.41) is 3.32. The number of ether oxygens (including phenoxy) is 3. The van der Waals surface area contributed by atoms with Crippen LogP contribution < -0.4 is 14.8 Å². The molecule has 0 saturated carbocycles. The molecule has 4 nitrogen and oxygen atoms in total. The fourth-order valence-corrected chi connectivity index (χ4v) is 2.21. The molecule has 0 amide bonds. The Kier molecular flexibility index (Phi) is 3.86. The molecule has 0 aromatic heterocycles. The average molecular weight is 237 g/mol. The van der Waals surface area contributed by atoms with Gasteiger partial charge in [0.15, 0.2) is 0 Å². The zero-order chi connectivity index (χ0) is 12.3. The number of rotatable bonds is 3. The van der Waals surface area contributed by atoms with Crippen molar-refractivity contribution in [3.05, 3.63) is 23.3 Å². The molecule has 0 bridgehead atoms. The van der Waals surface area contributed by atoms with E-state index in [2.05, 4.69) is 5.32 Å². The average Bonchev–Trinajstić information content (AvgIpc) is 2.39. The molecule has 17 heavy (non-hydrogen) atoms. The number of benzene rings is 1. The molecule has 0 radical (unpaired) electrons. The molecule has 1 unspecified atom stereocenters. The van der Waals surface area contributed by atoms with Crippen LogP contribution in [0.25, 0.3) is 0 Å². The smallest absolute Gasteiger partial charge is 0.131 e. The molecule has 0 aliphatic carbocycles. The summed E-state index contributed by atoms with van der Waals surface area (Å²) in [6, 6.07) is 3.98. The van der Waals surface area contributed by atoms with Gasteiger partial charge in [-0.2, -0.15) is 0 Å². The summed E-state index contributed by atoms with van der Waals surface area (Å²) in [6.07, 6.45) is 0.0586. The Morgan fingerprint density at radius 2 is 2.12 bits per heavy atom. The third kappa shape index (κ3) is 2.37. The molecule has 1 aromatic carbocycles. The predicted molar refractivity (Wildman–Crippen MR) is 65.8 cm³/mol. The van der Waals surface area contributed by atoms with Gasteiger partial charge in [0.2, 0.25) is 0 Å². The number of methoxy groups -OCH3 is 2. The van der Waals surface area contributed by atoms with E-state index < -0.39 is 0 Å². The van der Waals surface area contributed by atoms with Crippen molar-refractivity contribution in [1.29, 1.82) is 0 Å². The number of morpholine rings is 1. The van der Waals surface area contributed by atoms with Crippen LogP contribution >= 0.6 is 0 Å². The minimum absolute atomic E-state index is 0.0586. The van der Waals surface area contributed by atoms with Crippen LogP contribution in [0.3, 0.4) is 0 Å². The van der Waals surface area contributed by atoms with E-state index in [0.29, 0.717) is 0 Å². The molecule has 1 atom stereocenters. The predicted octanol–water partition coefficient (Wildman–Crippen LogP) is 1.67. The van der Waals surface area contributed by atoms with Gasteiger partial charge in [0.25, 0.3) is 0 Å². The molecule has 1 fully saturated rings. The number of hydrogen-bond acceptors (Lipinski definition) is 4. The fraction of sp³-hybridized carbons (Fsp3) is 0.538. The van der Waals surface area contributed by atoms with E-state index >= 15 is 0 Å². The SMILES string of the molecule is COc1ccc(C2CNCCO2)c(OC)c1C. The third-order valence-corrected chi connectivity index (χ3v) is 3.09. The molecule has 4 heteroatoms. The van der Waals surface area contributed by atoms with Gasteiger partial charge in [-0.1, -0.05) is 0 Å². The quantitative estimate of drug-likeness (QED) is 0.868. The summed E-state index contributed by atoms with van der Waals surface area (Å²) >= 11 is 0. The van der Waals surface area contributed by atoms with Crippen molar-refractivity contribution in [2.45, 2.75) is 13.0 Å². The highest BCUT2D eigenvalue weighted by Gasteiger charge is 2.21. The van der Waals surface area contributed by atoms with E-state index in [1.54, 1.807) is 14.2 Å². The van der Waals surface area contributed by atoms with Gasteiger partial charge in [-0.15, -0.1) is 0 Å². The summed E-state index contributed by atoms with van der Waals surface area (Å²) in [6.45, 7) is 4.46. The Morgan fingerprint density at radius 1 is 1.29 bits per heavy atom. The lowest BCUT2D eigenvalue weighted by molar-refractivity contribution is 0.0262. The highest BCUT2D eigenvalue weighted by molar-refractivity contribution is 5.50. The Morgan fingerprint density at radius 3 is 2.71 bits per heavy atom. The van der Waals surface area contributed by atoms with Crippen molar-refractivity contribution in [1.82, 2.24) is 5.32 Å². The number of nitrogens with one attached hydrogen (secondary N) is 1. The summed E-state index contributed by atoms with van der Waals surface area (Å²) in [5.74, 6) is 1.70. The first-order chi connectivity index (χ1) is 8.27. The molecular formula is C13H19NO3. The zero-order valence-corrected chi connectivity index (χ0v) is 10.6. The van der Waals surface area contributed by atoms with E-state index in [-0.39, 0.29) is 6.10 Å². The highest BCUT2D eigenvalue weighted by Crippen LogP contribution is 2.36. The van der Waals surface area contributed by atoms with E-state index in [0.717, 1.165) is 42.3 Å². The maximum atomic E-state index is 5.75. The summed E-state index contributed by atoms with van der Waals surface area (Å²) in [5.41, 5.74) is 2.10. The minimum atomic E-state index is 0.0586. The first-order valence-electron chi connectivity index (χ1n) is 5.81. The zero-order valence-electron chi connectivity index (χ0n) is 10.6. The van der Waals surface area contributed by atoms with Gasteiger partial charge in [0.05, 0.1) is 26.9 Å². The lowest BCUT2D eigenvalue weighted by Crippen LogP contribution is -2.33. The van der Waals surface area contributed by atoms with Crippen LogP contribution in [-0.4, -0.2) is 33.9 Å². The molecular weight excluding hydrogens is 218 g/mol. The van der Waals surface area contributed by atoms with Crippen LogP contribution in [0.5, 0.6) is 11.5 Å². The summed E-state index contributed by atoms with van der Waals surface area (Å²) in [7, 11) is 3.35. The van der Waals surface area contributed by atoms with E-state index in [1.807, 2.05) is 19.1 Å². The standard InChI is InChI=1S/C13H19NO3/c1-9-11(15-2)5-4-10(13(9)16-3)12-8-14-6-7-17-12/h4-5,12,14H,6-8H2,1-3H3. The van der Waals surface area contributed by atoms with Crippen LogP contribution in [0, 0.1) is 6.92 Å². The lowest BCUT2D eigenvalue weighted by Gasteiger charge is -2.26. The van der Waals surface area contributed by atoms with Gasteiger partial charge in [-0.25, -0.2) is 0 Å². The van der Waals surface area contributed by atoms with Gasteiger partial charge in [0.1, 0.15) is 11.5 Å². The summed E-state index contributed by atoms with van der Waals surface area (Å²) in [4.78, 5) is 0. The van der Waals surface area contributed by atoms with E-state index in [4.69, 9.17) is 14.2 Å². The Labute approximate surface area is 102 Å². The molecule has 1 N–H and O–H groups in total. The normalized spacial score (nSPS) is 20.1. The second kappa shape index (κ2) is 5.38. The molecule has 1 aromatic rings. The lowest BCUT2D eigenvalue weighted by atomic mass is 10.0. The monoisotopic (exact) mass is 237 g/mol. The van der Waals surface area contributed by atoms with Gasteiger partial charge in [-0.3, -0.25) is 0 Å². The third-order valence-electron chi connectivity index (χ3n) is 3.09. The van der Waals surface area contributed by atoms with E-state index in [1.165, 1.54) is 0 Å². The maximum absolute atomic E-state index is 5.75. The van der Waals surface area contributed by atoms with Crippen LogP contribution in [0.15, 0.2) is 12.1 Å². The van der Waals surface area contributed by atoms with Crippen molar-refractivity contribution in [3.63, 3.8) is 0 Å². The molecule has 1 saturated heterocycles. The van der Waals surface area contributed by atoms with Crippen LogP contribution in [-0.2, 0) is 4.74 Å². The first kappa shape index (κ1) is 12.2. The van der Waals surface area contributed by atoms with Gasteiger partial charge in [-0.05, 0) is 19.1 Å². The molecule has 0 spiro atoms. The van der Waals surface area contributed by atoms with Crippen molar-refractivity contribution >= 4 is 0 Å². The van der Waals surface area contributed by atoms with Gasteiger partial charge in [0, 0.05) is 24.2 Å². The molecule has 1 aliphatic heterocycles. The Balaban J connectivity index is 2.35. The largest absolute Gasteiger partial charge is 0.496 e. The fourth-order valence-electron chi connectivity index (χ4n) is 2.21. The number of hydrogen-bond donors (Lipinski definition) is 1. The second-order valence-corrected chi connectivity index (χ2v) is 4.08. The van der Waals surface area contributed by atoms with Crippen LogP contribution in [0.2, 0.25) is 0 Å². The second-order valence-electron chi connectivity index (χ2n) is 4.08. The molecule has 1 heterocycles. The Bertz CT molecular complexity index is 386. The van der Waals surface area contributed by atoms with E-state index in [9.17, 15) is 0 Å². The minimum Gasteiger partial charge on any atom is -0.496 e. The van der Waals surface area contributed by atoms with Gasteiger partial charge < -0.3 is 19.5 Å². The Hall–Kier alpha value is -1.26. The van der Waals surface area contributed by atoms with Crippen molar-refractivity contribution in [3.8, 4) is 11.5 Å². The summed E-state index contributed by atoms with van der Waals surface area (Å²) < 4.78 is 16.5. The van der Waals surface area contributed by atoms with Gasteiger partial charge >= 0.3 is 0 Å². The maximum Gasteiger partial charge on any atom is 0.131 e. The topological polar surface area (TPSA) is 39.7 Å². The molecule has 1 aliphatic rings. The highest BCUT2D eigenvalue weighted by atomic mass is 16.5. The van der Waals surface area contributed by atoms with Crippen LogP contribution in [0.1, 0.15) is 17.2 Å².